The predicted octanol–water partition coefficient (Wildman–Crippen LogP) is 1.35. The summed E-state index contributed by atoms with van der Waals surface area (Å²) in [4.78, 5) is 15.7. The molecule has 82 valence electrons. The molecule has 1 N–H and O–H groups in total. The van der Waals surface area contributed by atoms with Gasteiger partial charge in [0.15, 0.2) is 5.82 Å². The van der Waals surface area contributed by atoms with Crippen LogP contribution < -0.4 is 0 Å². The number of aromatic nitrogens is 3. The van der Waals surface area contributed by atoms with Crippen LogP contribution in [0.5, 0.6) is 0 Å². The first-order valence-electron chi connectivity index (χ1n) is 5.31. The molecule has 0 bridgehead atoms. The number of aromatic amines is 1. The van der Waals surface area contributed by atoms with Gasteiger partial charge in [0.1, 0.15) is 11.7 Å². The van der Waals surface area contributed by atoms with Gasteiger partial charge in [0, 0.05) is 5.92 Å². The molecule has 0 saturated heterocycles. The summed E-state index contributed by atoms with van der Waals surface area (Å²) in [6.45, 7) is 3.94. The lowest BCUT2D eigenvalue weighted by Crippen LogP contribution is -2.14. The highest BCUT2D eigenvalue weighted by Crippen LogP contribution is 2.38. The van der Waals surface area contributed by atoms with Crippen LogP contribution in [-0.2, 0) is 9.53 Å². The van der Waals surface area contributed by atoms with E-state index in [-0.39, 0.29) is 11.9 Å². The molecule has 2 rings (SSSR count). The van der Waals surface area contributed by atoms with Gasteiger partial charge in [-0.2, -0.15) is 5.10 Å². The number of carbonyl (C=O) groups is 1. The molecule has 1 aromatic rings. The highest BCUT2D eigenvalue weighted by molar-refractivity contribution is 5.76. The highest BCUT2D eigenvalue weighted by Gasteiger charge is 2.29. The molecule has 1 fully saturated rings. The Labute approximate surface area is 88.2 Å². The van der Waals surface area contributed by atoms with Gasteiger partial charge in [-0.15, -0.1) is 0 Å². The van der Waals surface area contributed by atoms with Crippen LogP contribution in [0.1, 0.15) is 50.2 Å². The molecular formula is C10H15N3O2. The van der Waals surface area contributed by atoms with Crippen molar-refractivity contribution in [1.82, 2.24) is 15.2 Å². The Bertz CT molecular complexity index is 357. The quantitative estimate of drug-likeness (QED) is 0.760. The second kappa shape index (κ2) is 4.00. The topological polar surface area (TPSA) is 67.9 Å². The van der Waals surface area contributed by atoms with Gasteiger partial charge in [0.25, 0.3) is 0 Å². The van der Waals surface area contributed by atoms with E-state index in [0.29, 0.717) is 18.3 Å². The zero-order chi connectivity index (χ0) is 10.8. The second-order valence-electron chi connectivity index (χ2n) is 3.83. The predicted molar refractivity (Wildman–Crippen MR) is 53.4 cm³/mol. The molecule has 15 heavy (non-hydrogen) atoms. The van der Waals surface area contributed by atoms with E-state index in [1.807, 2.05) is 0 Å². The lowest BCUT2D eigenvalue weighted by atomic mass is 10.2. The first kappa shape index (κ1) is 10.1. The largest absolute Gasteiger partial charge is 0.465 e. The van der Waals surface area contributed by atoms with Crippen LogP contribution in [-0.4, -0.2) is 27.8 Å². The molecule has 1 saturated carbocycles. The average Bonchev–Trinajstić information content (AvgIpc) is 2.96. The third-order valence-electron chi connectivity index (χ3n) is 2.51. The van der Waals surface area contributed by atoms with Crippen molar-refractivity contribution < 1.29 is 9.53 Å². The fraction of sp³-hybridized carbons (Fsp3) is 0.700. The number of nitrogens with one attached hydrogen (secondary N) is 1. The summed E-state index contributed by atoms with van der Waals surface area (Å²) in [5, 5.41) is 6.92. The van der Waals surface area contributed by atoms with Crippen molar-refractivity contribution in [1.29, 1.82) is 0 Å². The van der Waals surface area contributed by atoms with Crippen LogP contribution in [0.4, 0.5) is 0 Å². The Morgan fingerprint density at radius 1 is 1.67 bits per heavy atom. The minimum Gasteiger partial charge on any atom is -0.465 e. The van der Waals surface area contributed by atoms with E-state index in [9.17, 15) is 4.79 Å². The third-order valence-corrected chi connectivity index (χ3v) is 2.51. The summed E-state index contributed by atoms with van der Waals surface area (Å²) in [7, 11) is 0. The van der Waals surface area contributed by atoms with E-state index in [4.69, 9.17) is 4.74 Å². The zero-order valence-corrected chi connectivity index (χ0v) is 8.99. The first-order chi connectivity index (χ1) is 7.22. The monoisotopic (exact) mass is 209 g/mol. The maximum absolute atomic E-state index is 11.4. The normalized spacial score (nSPS) is 17.5. The number of ether oxygens (including phenoxy) is 1. The lowest BCUT2D eigenvalue weighted by molar-refractivity contribution is -0.144. The van der Waals surface area contributed by atoms with Crippen molar-refractivity contribution in [2.75, 3.05) is 6.61 Å². The van der Waals surface area contributed by atoms with Crippen molar-refractivity contribution >= 4 is 5.97 Å². The summed E-state index contributed by atoms with van der Waals surface area (Å²) in [5.74, 6) is 1.32. The molecule has 1 heterocycles. The smallest absolute Gasteiger partial charge is 0.316 e. The van der Waals surface area contributed by atoms with Crippen LogP contribution in [0.2, 0.25) is 0 Å². The minimum absolute atomic E-state index is 0.265. The summed E-state index contributed by atoms with van der Waals surface area (Å²) >= 11 is 0. The van der Waals surface area contributed by atoms with Crippen LogP contribution in [0.15, 0.2) is 0 Å². The van der Waals surface area contributed by atoms with Crippen LogP contribution in [0.25, 0.3) is 0 Å². The third kappa shape index (κ3) is 2.16. The molecule has 0 spiro atoms. The number of hydrogen-bond acceptors (Lipinski definition) is 4. The Morgan fingerprint density at radius 3 is 3.00 bits per heavy atom. The number of carbonyl (C=O) groups excluding carboxylic acids is 1. The van der Waals surface area contributed by atoms with Crippen molar-refractivity contribution in [2.45, 2.75) is 38.5 Å². The van der Waals surface area contributed by atoms with Crippen LogP contribution in [0.3, 0.4) is 0 Å². The van der Waals surface area contributed by atoms with E-state index in [1.54, 1.807) is 13.8 Å². The SMILES string of the molecule is CCOC(=O)C(C)c1n[nH]c(C2CC2)n1. The molecule has 0 aromatic carbocycles. The Morgan fingerprint density at radius 2 is 2.40 bits per heavy atom. The van der Waals surface area contributed by atoms with E-state index in [0.717, 1.165) is 5.82 Å². The van der Waals surface area contributed by atoms with Crippen molar-refractivity contribution in [3.63, 3.8) is 0 Å². The molecule has 1 aromatic heterocycles. The average molecular weight is 209 g/mol. The Kier molecular flexibility index (Phi) is 2.70. The summed E-state index contributed by atoms with van der Waals surface area (Å²) < 4.78 is 4.91. The van der Waals surface area contributed by atoms with Gasteiger partial charge in [-0.3, -0.25) is 9.89 Å². The van der Waals surface area contributed by atoms with Crippen molar-refractivity contribution in [3.05, 3.63) is 11.6 Å². The summed E-state index contributed by atoms with van der Waals surface area (Å²) in [6.07, 6.45) is 2.34. The second-order valence-corrected chi connectivity index (χ2v) is 3.83. The fourth-order valence-corrected chi connectivity index (χ4v) is 1.39. The van der Waals surface area contributed by atoms with Crippen LogP contribution in [0, 0.1) is 0 Å². The molecule has 1 aliphatic carbocycles. The standard InChI is InChI=1S/C10H15N3O2/c1-3-15-10(14)6(2)8-11-9(13-12-8)7-4-5-7/h6-7H,3-5H2,1-2H3,(H,11,12,13). The highest BCUT2D eigenvalue weighted by atomic mass is 16.5. The Hall–Kier alpha value is -1.39. The lowest BCUT2D eigenvalue weighted by Gasteiger charge is -2.05. The summed E-state index contributed by atoms with van der Waals surface area (Å²) in [6, 6.07) is 0. The van der Waals surface area contributed by atoms with E-state index in [1.165, 1.54) is 12.8 Å². The van der Waals surface area contributed by atoms with Gasteiger partial charge in [0.2, 0.25) is 0 Å². The molecule has 5 heteroatoms. The maximum Gasteiger partial charge on any atom is 0.316 e. The number of rotatable bonds is 4. The number of hydrogen-bond donors (Lipinski definition) is 1. The number of H-pyrrole nitrogens is 1. The molecule has 1 unspecified atom stereocenters. The number of esters is 1. The van der Waals surface area contributed by atoms with E-state index in [2.05, 4.69) is 15.2 Å². The van der Waals surface area contributed by atoms with Gasteiger partial charge in [-0.1, -0.05) is 0 Å². The zero-order valence-electron chi connectivity index (χ0n) is 8.99. The van der Waals surface area contributed by atoms with Crippen molar-refractivity contribution in [2.24, 2.45) is 0 Å². The van der Waals surface area contributed by atoms with Gasteiger partial charge < -0.3 is 4.74 Å². The van der Waals surface area contributed by atoms with E-state index < -0.39 is 0 Å². The molecule has 1 aliphatic rings. The maximum atomic E-state index is 11.4. The van der Waals surface area contributed by atoms with Gasteiger partial charge in [-0.05, 0) is 26.7 Å². The molecule has 0 aliphatic heterocycles. The molecule has 0 radical (unpaired) electrons. The Balaban J connectivity index is 2.04. The minimum atomic E-state index is -0.381. The molecular weight excluding hydrogens is 194 g/mol. The molecule has 5 nitrogen and oxygen atoms in total. The van der Waals surface area contributed by atoms with Crippen molar-refractivity contribution in [3.8, 4) is 0 Å². The van der Waals surface area contributed by atoms with Crippen LogP contribution >= 0.6 is 0 Å². The summed E-state index contributed by atoms with van der Waals surface area (Å²) in [5.41, 5.74) is 0. The van der Waals surface area contributed by atoms with Gasteiger partial charge in [-0.25, -0.2) is 4.98 Å². The first-order valence-corrected chi connectivity index (χ1v) is 5.31. The molecule has 0 amide bonds. The van der Waals surface area contributed by atoms with Gasteiger partial charge in [0.05, 0.1) is 6.61 Å². The van der Waals surface area contributed by atoms with Gasteiger partial charge >= 0.3 is 5.97 Å². The number of nitrogens with zero attached hydrogens (tertiary/aromatic N) is 2. The fourth-order valence-electron chi connectivity index (χ4n) is 1.39. The van der Waals surface area contributed by atoms with E-state index >= 15 is 0 Å². The molecule has 1 atom stereocenters.